The van der Waals surface area contributed by atoms with Crippen LogP contribution in [0.4, 0.5) is 0 Å². The van der Waals surface area contributed by atoms with Gasteiger partial charge in [0.05, 0.1) is 11.5 Å². The lowest BCUT2D eigenvalue weighted by Crippen LogP contribution is -2.36. The lowest BCUT2D eigenvalue weighted by Gasteiger charge is -2.25. The van der Waals surface area contributed by atoms with E-state index in [-0.39, 0.29) is 16.8 Å². The molecule has 2 saturated heterocycles. The summed E-state index contributed by atoms with van der Waals surface area (Å²) in [5, 5.41) is 0. The van der Waals surface area contributed by atoms with E-state index in [1.165, 1.54) is 18.6 Å². The van der Waals surface area contributed by atoms with Crippen molar-refractivity contribution in [2.24, 2.45) is 0 Å². The van der Waals surface area contributed by atoms with E-state index < -0.39 is 10.0 Å². The number of sulfonamides is 1. The van der Waals surface area contributed by atoms with E-state index in [1.54, 1.807) is 12.1 Å². The zero-order valence-electron chi connectivity index (χ0n) is 14.4. The van der Waals surface area contributed by atoms with Crippen molar-refractivity contribution in [3.63, 3.8) is 0 Å². The largest absolute Gasteiger partial charge is 0.380 e. The number of carbonyl (C=O) groups excluding carboxylic acids is 1. The summed E-state index contributed by atoms with van der Waals surface area (Å²) in [4.78, 5) is 14.8. The molecule has 0 unspecified atom stereocenters. The third kappa shape index (κ3) is 4.80. The molecule has 1 amide bonds. The average molecular weight is 366 g/mol. The molecule has 0 bridgehead atoms. The number of rotatable bonds is 4. The maximum atomic E-state index is 12.8. The average Bonchev–Trinajstić information content (AvgIpc) is 3.06. The number of likely N-dealkylation sites (tertiary alicyclic amines) is 1. The highest BCUT2D eigenvalue weighted by Crippen LogP contribution is 2.18. The third-order valence-corrected chi connectivity index (χ3v) is 6.30. The van der Waals surface area contributed by atoms with Gasteiger partial charge in [-0.15, -0.1) is 0 Å². The minimum absolute atomic E-state index is 0.0804. The fourth-order valence-electron chi connectivity index (χ4n) is 3.34. The van der Waals surface area contributed by atoms with E-state index >= 15 is 0 Å². The van der Waals surface area contributed by atoms with Crippen molar-refractivity contribution >= 4 is 15.9 Å². The van der Waals surface area contributed by atoms with E-state index in [1.807, 2.05) is 4.90 Å². The van der Waals surface area contributed by atoms with Crippen LogP contribution in [-0.2, 0) is 14.8 Å². The molecule has 25 heavy (non-hydrogen) atoms. The van der Waals surface area contributed by atoms with Crippen LogP contribution in [0.5, 0.6) is 0 Å². The molecule has 1 N–H and O–H groups in total. The second-order valence-corrected chi connectivity index (χ2v) is 8.48. The predicted octanol–water partition coefficient (Wildman–Crippen LogP) is 2.16. The third-order valence-electron chi connectivity index (χ3n) is 4.79. The molecule has 0 saturated carbocycles. The minimum Gasteiger partial charge on any atom is -0.380 e. The lowest BCUT2D eigenvalue weighted by molar-refractivity contribution is 0.0742. The molecule has 0 radical (unpaired) electrons. The second-order valence-electron chi connectivity index (χ2n) is 6.77. The van der Waals surface area contributed by atoms with Crippen LogP contribution >= 0.6 is 0 Å². The number of carbonyl (C=O) groups is 1. The van der Waals surface area contributed by atoms with E-state index in [0.717, 1.165) is 38.8 Å². The van der Waals surface area contributed by atoms with Crippen LogP contribution in [0, 0.1) is 0 Å². The summed E-state index contributed by atoms with van der Waals surface area (Å²) in [5.74, 6) is -0.0804. The fourth-order valence-corrected chi connectivity index (χ4v) is 4.64. The van der Waals surface area contributed by atoms with Crippen molar-refractivity contribution in [1.29, 1.82) is 0 Å². The molecule has 138 valence electrons. The van der Waals surface area contributed by atoms with Gasteiger partial charge in [0.15, 0.2) is 0 Å². The Kier molecular flexibility index (Phi) is 6.09. The molecule has 6 nitrogen and oxygen atoms in total. The summed E-state index contributed by atoms with van der Waals surface area (Å²) in [6.07, 6.45) is 6.20. The number of amides is 1. The zero-order chi connectivity index (χ0) is 17.7. The Hall–Kier alpha value is -1.44. The molecule has 0 aromatic heterocycles. The molecule has 2 aliphatic rings. The highest BCUT2D eigenvalue weighted by molar-refractivity contribution is 7.89. The van der Waals surface area contributed by atoms with Gasteiger partial charge in [-0.3, -0.25) is 4.79 Å². The number of hydrogen-bond acceptors (Lipinski definition) is 4. The molecule has 7 heteroatoms. The van der Waals surface area contributed by atoms with E-state index in [4.69, 9.17) is 4.74 Å². The second kappa shape index (κ2) is 8.29. The Morgan fingerprint density at radius 1 is 1.12 bits per heavy atom. The molecule has 1 atom stereocenters. The van der Waals surface area contributed by atoms with E-state index in [0.29, 0.717) is 25.2 Å². The van der Waals surface area contributed by atoms with Crippen molar-refractivity contribution in [2.45, 2.75) is 49.5 Å². The maximum Gasteiger partial charge on any atom is 0.253 e. The summed E-state index contributed by atoms with van der Waals surface area (Å²) >= 11 is 0. The van der Waals surface area contributed by atoms with E-state index in [2.05, 4.69) is 4.72 Å². The van der Waals surface area contributed by atoms with Gasteiger partial charge in [0, 0.05) is 31.3 Å². The number of hydrogen-bond donors (Lipinski definition) is 1. The summed E-state index contributed by atoms with van der Waals surface area (Å²) in [7, 11) is -3.64. The van der Waals surface area contributed by atoms with Crippen LogP contribution in [0.25, 0.3) is 0 Å². The standard InChI is InChI=1S/C18H26N2O4S/c21-18(20-10-4-2-1-3-5-11-20)15-7-6-8-17(13-15)25(22,23)19-16-9-12-24-14-16/h6-8,13,16,19H,1-5,9-12,14H2/t16-/m1/s1. The van der Waals surface area contributed by atoms with Gasteiger partial charge in [0.25, 0.3) is 5.91 Å². The van der Waals surface area contributed by atoms with Gasteiger partial charge in [-0.1, -0.05) is 25.3 Å². The summed E-state index contributed by atoms with van der Waals surface area (Å²) in [6, 6.07) is 6.15. The quantitative estimate of drug-likeness (QED) is 0.886. The van der Waals surface area contributed by atoms with Crippen molar-refractivity contribution < 1.29 is 17.9 Å². The molecule has 0 aliphatic carbocycles. The van der Waals surface area contributed by atoms with Gasteiger partial charge in [0.1, 0.15) is 0 Å². The molecule has 2 fully saturated rings. The van der Waals surface area contributed by atoms with Crippen LogP contribution in [-0.4, -0.2) is 51.6 Å². The number of nitrogens with zero attached hydrogens (tertiary/aromatic N) is 1. The van der Waals surface area contributed by atoms with E-state index in [9.17, 15) is 13.2 Å². The molecule has 1 aromatic rings. The topological polar surface area (TPSA) is 75.7 Å². The van der Waals surface area contributed by atoms with Crippen LogP contribution in [0.1, 0.15) is 48.9 Å². The highest BCUT2D eigenvalue weighted by Gasteiger charge is 2.25. The van der Waals surface area contributed by atoms with Crippen molar-refractivity contribution in [1.82, 2.24) is 9.62 Å². The van der Waals surface area contributed by atoms with Gasteiger partial charge >= 0.3 is 0 Å². The first-order chi connectivity index (χ1) is 12.1. The Morgan fingerprint density at radius 3 is 2.52 bits per heavy atom. The van der Waals surface area contributed by atoms with Gasteiger partial charge < -0.3 is 9.64 Å². The highest BCUT2D eigenvalue weighted by atomic mass is 32.2. The molecular formula is C18H26N2O4S. The Morgan fingerprint density at radius 2 is 1.84 bits per heavy atom. The van der Waals surface area contributed by atoms with Crippen molar-refractivity contribution in [2.75, 3.05) is 26.3 Å². The Labute approximate surface area is 149 Å². The normalized spacial score (nSPS) is 22.4. The first-order valence-corrected chi connectivity index (χ1v) is 10.5. The first kappa shape index (κ1) is 18.4. The molecule has 1 aromatic carbocycles. The zero-order valence-corrected chi connectivity index (χ0v) is 15.3. The van der Waals surface area contributed by atoms with Gasteiger partial charge in [-0.05, 0) is 37.5 Å². The Balaban J connectivity index is 1.74. The molecule has 0 spiro atoms. The molecule has 2 heterocycles. The van der Waals surface area contributed by atoms with Crippen LogP contribution in [0.15, 0.2) is 29.2 Å². The maximum absolute atomic E-state index is 12.8. The van der Waals surface area contributed by atoms with Crippen LogP contribution < -0.4 is 4.72 Å². The number of benzene rings is 1. The summed E-state index contributed by atoms with van der Waals surface area (Å²) in [5.41, 5.74) is 0.436. The SMILES string of the molecule is O=C(c1cccc(S(=O)(=O)N[C@@H]2CCOC2)c1)N1CCCCCCC1. The fraction of sp³-hybridized carbons (Fsp3) is 0.611. The van der Waals surface area contributed by atoms with Crippen molar-refractivity contribution in [3.8, 4) is 0 Å². The van der Waals surface area contributed by atoms with Crippen LogP contribution in [0.3, 0.4) is 0 Å². The smallest absolute Gasteiger partial charge is 0.253 e. The predicted molar refractivity (Wildman–Crippen MR) is 95.0 cm³/mol. The van der Waals surface area contributed by atoms with Crippen molar-refractivity contribution in [3.05, 3.63) is 29.8 Å². The van der Waals surface area contributed by atoms with Gasteiger partial charge in [-0.25, -0.2) is 13.1 Å². The molecular weight excluding hydrogens is 340 g/mol. The monoisotopic (exact) mass is 366 g/mol. The Bertz CT molecular complexity index is 691. The molecule has 3 rings (SSSR count). The minimum atomic E-state index is -3.64. The lowest BCUT2D eigenvalue weighted by atomic mass is 10.1. The number of ether oxygens (including phenoxy) is 1. The first-order valence-electron chi connectivity index (χ1n) is 9.06. The van der Waals surface area contributed by atoms with Gasteiger partial charge in [0.2, 0.25) is 10.0 Å². The van der Waals surface area contributed by atoms with Crippen LogP contribution in [0.2, 0.25) is 0 Å². The molecule has 2 aliphatic heterocycles. The number of nitrogens with one attached hydrogen (secondary N) is 1. The summed E-state index contributed by atoms with van der Waals surface area (Å²) < 4.78 is 33.0. The summed E-state index contributed by atoms with van der Waals surface area (Å²) in [6.45, 7) is 2.45. The van der Waals surface area contributed by atoms with Gasteiger partial charge in [-0.2, -0.15) is 0 Å².